The van der Waals surface area contributed by atoms with Gasteiger partial charge in [0.25, 0.3) is 0 Å². The Kier molecular flexibility index (Phi) is 5.77. The minimum atomic E-state index is -1.01. The van der Waals surface area contributed by atoms with Crippen molar-refractivity contribution in [1.82, 2.24) is 5.32 Å². The molecule has 0 bridgehead atoms. The molecule has 0 fully saturated rings. The van der Waals surface area contributed by atoms with E-state index in [2.05, 4.69) is 10.1 Å². The maximum atomic E-state index is 12.1. The molecule has 0 aromatic rings. The lowest BCUT2D eigenvalue weighted by Crippen LogP contribution is -2.44. The van der Waals surface area contributed by atoms with Gasteiger partial charge < -0.3 is 14.8 Å². The van der Waals surface area contributed by atoms with Gasteiger partial charge in [-0.25, -0.2) is 9.59 Å². The predicted octanol–water partition coefficient (Wildman–Crippen LogP) is 1.41. The Balaban J connectivity index is 4.29. The maximum Gasteiger partial charge on any atom is 0.408 e. The van der Waals surface area contributed by atoms with Gasteiger partial charge in [0.2, 0.25) is 0 Å². The third-order valence-electron chi connectivity index (χ3n) is 1.57. The zero-order valence-corrected chi connectivity index (χ0v) is 10.0. The quantitative estimate of drug-likeness (QED) is 0.748. The van der Waals surface area contributed by atoms with Crippen LogP contribution in [0.4, 0.5) is 9.18 Å². The topological polar surface area (TPSA) is 64.6 Å². The normalized spacial score (nSPS) is 12.8. The molecule has 0 heterocycles. The van der Waals surface area contributed by atoms with Gasteiger partial charge in [-0.15, -0.1) is 0 Å². The fourth-order valence-corrected chi connectivity index (χ4v) is 0.950. The maximum absolute atomic E-state index is 12.1. The van der Waals surface area contributed by atoms with Crippen LogP contribution in [-0.2, 0) is 14.3 Å². The first-order valence-electron chi connectivity index (χ1n) is 4.93. The number of rotatable bonds is 4. The van der Waals surface area contributed by atoms with Crippen LogP contribution in [0.2, 0.25) is 0 Å². The van der Waals surface area contributed by atoms with Gasteiger partial charge in [0, 0.05) is 6.42 Å². The highest BCUT2D eigenvalue weighted by atomic mass is 19.1. The van der Waals surface area contributed by atoms with Crippen molar-refractivity contribution in [3.63, 3.8) is 0 Å². The Bertz CT molecular complexity index is 250. The Morgan fingerprint density at radius 3 is 2.31 bits per heavy atom. The SMILES string of the molecule is COC(=O)C(CCF)NC(=O)OC(C)(C)C. The van der Waals surface area contributed by atoms with Crippen LogP contribution >= 0.6 is 0 Å². The highest BCUT2D eigenvalue weighted by Crippen LogP contribution is 2.07. The molecule has 0 aliphatic heterocycles. The Morgan fingerprint density at radius 1 is 1.38 bits per heavy atom. The molecule has 0 saturated heterocycles. The smallest absolute Gasteiger partial charge is 0.408 e. The Morgan fingerprint density at radius 2 is 1.94 bits per heavy atom. The number of nitrogens with one attached hydrogen (secondary N) is 1. The molecule has 0 aliphatic carbocycles. The number of carbonyl (C=O) groups is 2. The number of esters is 1. The predicted molar refractivity (Wildman–Crippen MR) is 55.8 cm³/mol. The molecule has 16 heavy (non-hydrogen) atoms. The largest absolute Gasteiger partial charge is 0.467 e. The first-order valence-corrected chi connectivity index (χ1v) is 4.93. The van der Waals surface area contributed by atoms with Gasteiger partial charge in [-0.3, -0.25) is 4.39 Å². The number of hydrogen-bond acceptors (Lipinski definition) is 4. The molecule has 0 saturated carbocycles. The summed E-state index contributed by atoms with van der Waals surface area (Å²) in [5, 5.41) is 2.25. The molecule has 0 rings (SSSR count). The van der Waals surface area contributed by atoms with Gasteiger partial charge in [0.15, 0.2) is 0 Å². The first-order chi connectivity index (χ1) is 7.30. The zero-order valence-electron chi connectivity index (χ0n) is 10.0. The van der Waals surface area contributed by atoms with Crippen LogP contribution in [0.5, 0.6) is 0 Å². The van der Waals surface area contributed by atoms with Crippen molar-refractivity contribution in [2.24, 2.45) is 0 Å². The van der Waals surface area contributed by atoms with E-state index >= 15 is 0 Å². The molecule has 0 spiro atoms. The van der Waals surface area contributed by atoms with Crippen LogP contribution in [0.25, 0.3) is 0 Å². The van der Waals surface area contributed by atoms with Crippen LogP contribution in [0.3, 0.4) is 0 Å². The van der Waals surface area contributed by atoms with Crippen LogP contribution in [-0.4, -0.2) is 37.5 Å². The average Bonchev–Trinajstić information content (AvgIpc) is 2.13. The van der Waals surface area contributed by atoms with Gasteiger partial charge in [0.05, 0.1) is 13.8 Å². The summed E-state index contributed by atoms with van der Waals surface area (Å²) in [6.07, 6.45) is -0.900. The molecule has 0 aromatic carbocycles. The number of alkyl halides is 1. The molecule has 1 atom stereocenters. The zero-order chi connectivity index (χ0) is 12.8. The molecule has 5 nitrogen and oxygen atoms in total. The second-order valence-corrected chi connectivity index (χ2v) is 4.20. The van der Waals surface area contributed by atoms with Gasteiger partial charge in [-0.1, -0.05) is 0 Å². The number of methoxy groups -OCH3 is 1. The van der Waals surface area contributed by atoms with Crippen molar-refractivity contribution in [2.75, 3.05) is 13.8 Å². The molecule has 0 aliphatic rings. The first kappa shape index (κ1) is 14.7. The molecule has 0 aromatic heterocycles. The van der Waals surface area contributed by atoms with Gasteiger partial charge in [-0.2, -0.15) is 0 Å². The summed E-state index contributed by atoms with van der Waals surface area (Å²) < 4.78 is 21.5. The minimum Gasteiger partial charge on any atom is -0.467 e. The van der Waals surface area contributed by atoms with Crippen LogP contribution < -0.4 is 5.32 Å². The standard InChI is InChI=1S/C10H18FNO4/c1-10(2,3)16-9(14)12-7(5-6-11)8(13)15-4/h7H,5-6H2,1-4H3,(H,12,14). The van der Waals surface area contributed by atoms with E-state index in [1.54, 1.807) is 20.8 Å². The fourth-order valence-electron chi connectivity index (χ4n) is 0.950. The van der Waals surface area contributed by atoms with Gasteiger partial charge in [-0.05, 0) is 20.8 Å². The van der Waals surface area contributed by atoms with E-state index in [4.69, 9.17) is 4.74 Å². The number of hydrogen-bond donors (Lipinski definition) is 1. The molecule has 94 valence electrons. The summed E-state index contributed by atoms with van der Waals surface area (Å²) in [6.45, 7) is 4.34. The second kappa shape index (κ2) is 6.30. The number of ether oxygens (including phenoxy) is 2. The Hall–Kier alpha value is -1.33. The fraction of sp³-hybridized carbons (Fsp3) is 0.800. The number of amides is 1. The third kappa shape index (κ3) is 6.21. The number of alkyl carbamates (subject to hydrolysis) is 1. The van der Waals surface area contributed by atoms with Gasteiger partial charge >= 0.3 is 12.1 Å². The molecular formula is C10H18FNO4. The molecule has 1 amide bonds. The van der Waals surface area contributed by atoms with E-state index < -0.39 is 30.4 Å². The molecule has 1 unspecified atom stereocenters. The lowest BCUT2D eigenvalue weighted by atomic mass is 10.2. The van der Waals surface area contributed by atoms with Gasteiger partial charge in [0.1, 0.15) is 11.6 Å². The van der Waals surface area contributed by atoms with E-state index in [1.807, 2.05) is 0 Å². The van der Waals surface area contributed by atoms with E-state index in [9.17, 15) is 14.0 Å². The van der Waals surface area contributed by atoms with E-state index in [-0.39, 0.29) is 6.42 Å². The van der Waals surface area contributed by atoms with E-state index in [0.29, 0.717) is 0 Å². The highest BCUT2D eigenvalue weighted by Gasteiger charge is 2.24. The summed E-state index contributed by atoms with van der Waals surface area (Å²) >= 11 is 0. The van der Waals surface area contributed by atoms with E-state index in [1.165, 1.54) is 7.11 Å². The van der Waals surface area contributed by atoms with Crippen molar-refractivity contribution >= 4 is 12.1 Å². The molecule has 0 radical (unpaired) electrons. The molecular weight excluding hydrogens is 217 g/mol. The van der Waals surface area contributed by atoms with Crippen molar-refractivity contribution in [1.29, 1.82) is 0 Å². The van der Waals surface area contributed by atoms with E-state index in [0.717, 1.165) is 0 Å². The summed E-state index contributed by atoms with van der Waals surface area (Å²) in [7, 11) is 1.17. The lowest BCUT2D eigenvalue weighted by Gasteiger charge is -2.22. The summed E-state index contributed by atoms with van der Waals surface area (Å²) in [6, 6.07) is -1.01. The lowest BCUT2D eigenvalue weighted by molar-refractivity contribution is -0.143. The van der Waals surface area contributed by atoms with Crippen molar-refractivity contribution in [3.8, 4) is 0 Å². The Labute approximate surface area is 94.3 Å². The highest BCUT2D eigenvalue weighted by molar-refractivity contribution is 5.81. The molecule has 1 N–H and O–H groups in total. The monoisotopic (exact) mass is 235 g/mol. The number of carbonyl (C=O) groups excluding carboxylic acids is 2. The van der Waals surface area contributed by atoms with Crippen molar-refractivity contribution < 1.29 is 23.5 Å². The van der Waals surface area contributed by atoms with Crippen molar-refractivity contribution in [3.05, 3.63) is 0 Å². The van der Waals surface area contributed by atoms with Crippen molar-refractivity contribution in [2.45, 2.75) is 38.8 Å². The molecule has 6 heteroatoms. The third-order valence-corrected chi connectivity index (χ3v) is 1.57. The van der Waals surface area contributed by atoms with Crippen LogP contribution in [0.1, 0.15) is 27.2 Å². The average molecular weight is 235 g/mol. The summed E-state index contributed by atoms with van der Waals surface area (Å²) in [5.41, 5.74) is -0.666. The summed E-state index contributed by atoms with van der Waals surface area (Å²) in [5.74, 6) is -0.691. The minimum absolute atomic E-state index is 0.133. The second-order valence-electron chi connectivity index (χ2n) is 4.20. The van der Waals surface area contributed by atoms with Crippen LogP contribution in [0, 0.1) is 0 Å². The number of halogens is 1. The van der Waals surface area contributed by atoms with Crippen LogP contribution in [0.15, 0.2) is 0 Å². The summed E-state index contributed by atoms with van der Waals surface area (Å²) in [4.78, 5) is 22.4.